The van der Waals surface area contributed by atoms with Gasteiger partial charge in [0.05, 0.1) is 12.4 Å². The lowest BCUT2D eigenvalue weighted by Gasteiger charge is -2.13. The fraction of sp³-hybridized carbons (Fsp3) is 0.286. The number of ether oxygens (including phenoxy) is 1. The summed E-state index contributed by atoms with van der Waals surface area (Å²) in [4.78, 5) is 12.5. The first kappa shape index (κ1) is 19.9. The van der Waals surface area contributed by atoms with Crippen LogP contribution in [0, 0.1) is 0 Å². The van der Waals surface area contributed by atoms with Crippen molar-refractivity contribution < 1.29 is 9.53 Å². The van der Waals surface area contributed by atoms with E-state index < -0.39 is 0 Å². The van der Waals surface area contributed by atoms with Gasteiger partial charge in [-0.05, 0) is 43.7 Å². The van der Waals surface area contributed by atoms with Crippen molar-refractivity contribution in [1.29, 1.82) is 0 Å². The van der Waals surface area contributed by atoms with Gasteiger partial charge in [-0.2, -0.15) is 0 Å². The Hall–Kier alpha value is -2.80. The van der Waals surface area contributed by atoms with Crippen LogP contribution in [0.2, 0.25) is 0 Å². The molecule has 0 bridgehead atoms. The van der Waals surface area contributed by atoms with Crippen LogP contribution in [-0.4, -0.2) is 33.0 Å². The van der Waals surface area contributed by atoms with E-state index in [0.29, 0.717) is 6.54 Å². The molecule has 28 heavy (non-hydrogen) atoms. The molecule has 7 heteroatoms. The first-order valence-corrected chi connectivity index (χ1v) is 10.1. The summed E-state index contributed by atoms with van der Waals surface area (Å²) in [5.74, 6) is 1.56. The summed E-state index contributed by atoms with van der Waals surface area (Å²) < 4.78 is 7.23. The number of benzene rings is 2. The Kier molecular flexibility index (Phi) is 6.71. The quantitative estimate of drug-likeness (QED) is 0.587. The largest absolute Gasteiger partial charge is 0.497 e. The average molecular weight is 397 g/mol. The molecule has 0 aliphatic carbocycles. The topological polar surface area (TPSA) is 69.0 Å². The van der Waals surface area contributed by atoms with Gasteiger partial charge in [-0.3, -0.25) is 4.79 Å². The second-order valence-electron chi connectivity index (χ2n) is 6.24. The van der Waals surface area contributed by atoms with E-state index in [1.54, 1.807) is 7.11 Å². The van der Waals surface area contributed by atoms with Crippen molar-refractivity contribution in [3.8, 4) is 17.1 Å². The molecule has 1 atom stereocenters. The number of amides is 1. The zero-order valence-electron chi connectivity index (χ0n) is 16.3. The van der Waals surface area contributed by atoms with Gasteiger partial charge in [0.1, 0.15) is 5.75 Å². The molecule has 0 radical (unpaired) electrons. The maximum atomic E-state index is 12.5. The number of nitrogens with zero attached hydrogens (tertiary/aromatic N) is 3. The van der Waals surface area contributed by atoms with Crippen LogP contribution in [0.4, 0.5) is 0 Å². The Morgan fingerprint density at radius 2 is 1.86 bits per heavy atom. The van der Waals surface area contributed by atoms with Gasteiger partial charge in [-0.15, -0.1) is 10.2 Å². The van der Waals surface area contributed by atoms with Crippen molar-refractivity contribution in [2.24, 2.45) is 0 Å². The second kappa shape index (κ2) is 9.41. The fourth-order valence-corrected chi connectivity index (χ4v) is 3.69. The molecule has 2 aromatic carbocycles. The number of rotatable bonds is 8. The Bertz CT molecular complexity index is 910. The van der Waals surface area contributed by atoms with Crippen LogP contribution in [0.25, 0.3) is 11.4 Å². The number of carbonyl (C=O) groups excluding carboxylic acids is 1. The number of aromatic nitrogens is 3. The summed E-state index contributed by atoms with van der Waals surface area (Å²) in [6, 6.07) is 17.6. The summed E-state index contributed by atoms with van der Waals surface area (Å²) in [7, 11) is 1.64. The lowest BCUT2D eigenvalue weighted by molar-refractivity contribution is -0.120. The van der Waals surface area contributed by atoms with Crippen LogP contribution >= 0.6 is 11.8 Å². The predicted octanol–water partition coefficient (Wildman–Crippen LogP) is 3.77. The summed E-state index contributed by atoms with van der Waals surface area (Å²) >= 11 is 1.41. The van der Waals surface area contributed by atoms with Crippen molar-refractivity contribution in [3.63, 3.8) is 0 Å². The molecule has 0 unspecified atom stereocenters. The molecule has 0 aliphatic heterocycles. The average Bonchev–Trinajstić information content (AvgIpc) is 3.15. The molecule has 146 valence electrons. The molecule has 1 amide bonds. The number of carbonyl (C=O) groups is 1. The van der Waals surface area contributed by atoms with E-state index in [9.17, 15) is 4.79 Å². The first-order valence-electron chi connectivity index (χ1n) is 9.18. The monoisotopic (exact) mass is 396 g/mol. The summed E-state index contributed by atoms with van der Waals surface area (Å²) in [6.07, 6.45) is 0. The molecule has 0 aliphatic rings. The van der Waals surface area contributed by atoms with E-state index in [1.165, 1.54) is 11.8 Å². The molecule has 3 rings (SSSR count). The summed E-state index contributed by atoms with van der Waals surface area (Å²) in [6.45, 7) is 5.16. The van der Waals surface area contributed by atoms with Crippen molar-refractivity contribution in [3.05, 3.63) is 60.2 Å². The van der Waals surface area contributed by atoms with Crippen molar-refractivity contribution in [2.45, 2.75) is 37.3 Å². The zero-order valence-corrected chi connectivity index (χ0v) is 17.1. The molecule has 0 saturated carbocycles. The number of nitrogens with one attached hydrogen (secondary N) is 1. The van der Waals surface area contributed by atoms with E-state index in [2.05, 4.69) is 15.5 Å². The van der Waals surface area contributed by atoms with Gasteiger partial charge in [0.15, 0.2) is 11.0 Å². The van der Waals surface area contributed by atoms with Crippen LogP contribution in [0.1, 0.15) is 19.4 Å². The third-order valence-electron chi connectivity index (χ3n) is 4.34. The first-order chi connectivity index (χ1) is 13.6. The molecule has 1 aromatic heterocycles. The van der Waals surface area contributed by atoms with Gasteiger partial charge in [0.25, 0.3) is 0 Å². The molecule has 3 aromatic rings. The van der Waals surface area contributed by atoms with Crippen LogP contribution in [-0.2, 0) is 17.9 Å². The second-order valence-corrected chi connectivity index (χ2v) is 7.55. The Balaban J connectivity index is 1.67. The number of hydrogen-bond acceptors (Lipinski definition) is 5. The molecular formula is C21H24N4O2S. The van der Waals surface area contributed by atoms with E-state index >= 15 is 0 Å². The minimum Gasteiger partial charge on any atom is -0.497 e. The lowest BCUT2D eigenvalue weighted by Crippen LogP contribution is -2.30. The lowest BCUT2D eigenvalue weighted by atomic mass is 10.2. The fourth-order valence-electron chi connectivity index (χ4n) is 2.75. The third kappa shape index (κ3) is 4.72. The van der Waals surface area contributed by atoms with Crippen molar-refractivity contribution in [1.82, 2.24) is 20.1 Å². The molecule has 0 saturated heterocycles. The maximum Gasteiger partial charge on any atom is 0.233 e. The van der Waals surface area contributed by atoms with Gasteiger partial charge < -0.3 is 14.6 Å². The van der Waals surface area contributed by atoms with Crippen LogP contribution in [0.15, 0.2) is 59.8 Å². The molecule has 0 fully saturated rings. The van der Waals surface area contributed by atoms with Crippen LogP contribution in [0.5, 0.6) is 5.75 Å². The maximum absolute atomic E-state index is 12.5. The Labute approximate surface area is 169 Å². The highest BCUT2D eigenvalue weighted by Gasteiger charge is 2.20. The van der Waals surface area contributed by atoms with E-state index in [4.69, 9.17) is 4.74 Å². The predicted molar refractivity (Wildman–Crippen MR) is 111 cm³/mol. The summed E-state index contributed by atoms with van der Waals surface area (Å²) in [5.41, 5.74) is 2.04. The van der Waals surface area contributed by atoms with Gasteiger partial charge in [0.2, 0.25) is 5.91 Å². The standard InChI is InChI=1S/C21H24N4O2S/c1-4-25-19(17-10-12-18(27-3)13-11-17)23-24-21(25)28-15(2)20(26)22-14-16-8-6-5-7-9-16/h5-13,15H,4,14H2,1-3H3,(H,22,26)/t15-/m0/s1. The molecule has 1 N–H and O–H groups in total. The highest BCUT2D eigenvalue weighted by atomic mass is 32.2. The Morgan fingerprint density at radius 3 is 2.50 bits per heavy atom. The molecule has 6 nitrogen and oxygen atoms in total. The number of thioether (sulfide) groups is 1. The highest BCUT2D eigenvalue weighted by Crippen LogP contribution is 2.27. The normalized spacial score (nSPS) is 11.8. The van der Waals surface area contributed by atoms with Crippen LogP contribution < -0.4 is 10.1 Å². The van der Waals surface area contributed by atoms with Crippen LogP contribution in [0.3, 0.4) is 0 Å². The minimum absolute atomic E-state index is 0.0227. The summed E-state index contributed by atoms with van der Waals surface area (Å²) in [5, 5.41) is 12.1. The van der Waals surface area contributed by atoms with Gasteiger partial charge in [-0.25, -0.2) is 0 Å². The van der Waals surface area contributed by atoms with Gasteiger partial charge >= 0.3 is 0 Å². The number of methoxy groups -OCH3 is 1. The molecular weight excluding hydrogens is 372 g/mol. The SMILES string of the molecule is CCn1c(S[C@@H](C)C(=O)NCc2ccccc2)nnc1-c1ccc(OC)cc1. The van der Waals surface area contributed by atoms with E-state index in [0.717, 1.165) is 34.4 Å². The minimum atomic E-state index is -0.276. The zero-order chi connectivity index (χ0) is 19.9. The van der Waals surface area contributed by atoms with Crippen molar-refractivity contribution >= 4 is 17.7 Å². The number of hydrogen-bond donors (Lipinski definition) is 1. The molecule has 1 heterocycles. The van der Waals surface area contributed by atoms with Gasteiger partial charge in [-0.1, -0.05) is 42.1 Å². The van der Waals surface area contributed by atoms with Gasteiger partial charge in [0, 0.05) is 18.7 Å². The third-order valence-corrected chi connectivity index (χ3v) is 5.42. The van der Waals surface area contributed by atoms with E-state index in [1.807, 2.05) is 73.0 Å². The smallest absolute Gasteiger partial charge is 0.233 e. The van der Waals surface area contributed by atoms with Crippen molar-refractivity contribution in [2.75, 3.05) is 7.11 Å². The van der Waals surface area contributed by atoms with E-state index in [-0.39, 0.29) is 11.2 Å². The molecule has 0 spiro atoms. The highest BCUT2D eigenvalue weighted by molar-refractivity contribution is 8.00. The Morgan fingerprint density at radius 1 is 1.14 bits per heavy atom.